The first-order chi connectivity index (χ1) is 27.7. The van der Waals surface area contributed by atoms with E-state index in [0.717, 1.165) is 66.1 Å². The van der Waals surface area contributed by atoms with E-state index in [0.29, 0.717) is 34.9 Å². The molecule has 0 aliphatic heterocycles. The number of rotatable bonds is 7. The molecule has 0 bridgehead atoms. The van der Waals surface area contributed by atoms with Crippen LogP contribution in [-0.2, 0) is 0 Å². The van der Waals surface area contributed by atoms with Crippen molar-refractivity contribution in [2.24, 2.45) is 0 Å². The molecule has 10 rings (SSSR count). The van der Waals surface area contributed by atoms with Gasteiger partial charge in [0.05, 0.1) is 0 Å². The molecule has 0 saturated heterocycles. The van der Waals surface area contributed by atoms with Crippen LogP contribution in [0.15, 0.2) is 194 Å². The highest BCUT2D eigenvalue weighted by molar-refractivity contribution is 5.96. The first-order valence-electron chi connectivity index (χ1n) is 18.5. The second-order valence-electron chi connectivity index (χ2n) is 13.6. The van der Waals surface area contributed by atoms with Crippen molar-refractivity contribution in [3.63, 3.8) is 0 Å². The molecule has 6 nitrogen and oxygen atoms in total. The van der Waals surface area contributed by atoms with Crippen LogP contribution in [0.4, 0.5) is 0 Å². The monoisotopic (exact) mass is 716 g/mol. The van der Waals surface area contributed by atoms with Gasteiger partial charge in [0.25, 0.3) is 0 Å². The Morgan fingerprint density at radius 3 is 0.875 bits per heavy atom. The van der Waals surface area contributed by atoms with Crippen molar-refractivity contribution in [1.82, 2.24) is 29.9 Å². The average Bonchev–Trinajstić information content (AvgIpc) is 3.29. The van der Waals surface area contributed by atoms with Crippen LogP contribution in [0.3, 0.4) is 0 Å². The van der Waals surface area contributed by atoms with Crippen molar-refractivity contribution in [1.29, 1.82) is 0 Å². The highest BCUT2D eigenvalue weighted by atomic mass is 15.0. The van der Waals surface area contributed by atoms with Crippen molar-refractivity contribution >= 4 is 21.5 Å². The summed E-state index contributed by atoms with van der Waals surface area (Å²) in [6, 6.07) is 66.0. The lowest BCUT2D eigenvalue weighted by molar-refractivity contribution is 1.08. The van der Waals surface area contributed by atoms with Gasteiger partial charge < -0.3 is 0 Å². The van der Waals surface area contributed by atoms with Gasteiger partial charge in [-0.3, -0.25) is 0 Å². The largest absolute Gasteiger partial charge is 0.208 e. The fourth-order valence-electron chi connectivity index (χ4n) is 7.15. The zero-order valence-electron chi connectivity index (χ0n) is 30.2. The molecular formula is C50H32N6. The lowest BCUT2D eigenvalue weighted by Gasteiger charge is -2.11. The first-order valence-corrected chi connectivity index (χ1v) is 18.5. The van der Waals surface area contributed by atoms with Gasteiger partial charge in [0.1, 0.15) is 0 Å². The van der Waals surface area contributed by atoms with Crippen LogP contribution in [-0.4, -0.2) is 29.9 Å². The highest BCUT2D eigenvalue weighted by Gasteiger charge is 2.16. The number of hydrogen-bond acceptors (Lipinski definition) is 6. The number of benzene rings is 8. The summed E-state index contributed by atoms with van der Waals surface area (Å²) < 4.78 is 0. The SMILES string of the molecule is c1ccc(-c2nc(-c3ccc(-c4ccc(-c5nc(-c6ccccc6)nc(-c6cccc7ccccc67)n5)cc4)cc3)nc(-c3cccc4ccccc34)n2)cc1. The van der Waals surface area contributed by atoms with Crippen molar-refractivity contribution in [3.05, 3.63) is 194 Å². The van der Waals surface area contributed by atoms with Gasteiger partial charge in [-0.25, -0.2) is 29.9 Å². The maximum Gasteiger partial charge on any atom is 0.164 e. The smallest absolute Gasteiger partial charge is 0.164 e. The maximum absolute atomic E-state index is 5.03. The topological polar surface area (TPSA) is 77.3 Å². The molecule has 10 aromatic rings. The highest BCUT2D eigenvalue weighted by Crippen LogP contribution is 2.33. The summed E-state index contributed by atoms with van der Waals surface area (Å²) in [6.07, 6.45) is 0. The molecule has 0 N–H and O–H groups in total. The maximum atomic E-state index is 5.03. The molecule has 262 valence electrons. The minimum Gasteiger partial charge on any atom is -0.208 e. The zero-order valence-corrected chi connectivity index (χ0v) is 30.2. The molecule has 0 atom stereocenters. The Bertz CT molecular complexity index is 2780. The third-order valence-electron chi connectivity index (χ3n) is 10.0. The second kappa shape index (κ2) is 14.3. The van der Waals surface area contributed by atoms with Gasteiger partial charge in [-0.15, -0.1) is 0 Å². The predicted octanol–water partition coefficient (Wildman–Crippen LogP) is 12.0. The molecule has 6 heteroatoms. The Balaban J connectivity index is 1.000. The Labute approximate surface area is 324 Å². The van der Waals surface area contributed by atoms with Crippen LogP contribution in [0.2, 0.25) is 0 Å². The third-order valence-corrected chi connectivity index (χ3v) is 10.0. The number of fused-ring (bicyclic) bond motifs is 2. The molecular weight excluding hydrogens is 685 g/mol. The van der Waals surface area contributed by atoms with E-state index in [1.807, 2.05) is 84.9 Å². The predicted molar refractivity (Wildman–Crippen MR) is 226 cm³/mol. The molecule has 0 aliphatic carbocycles. The molecule has 2 aromatic heterocycles. The quantitative estimate of drug-likeness (QED) is 0.163. The third kappa shape index (κ3) is 6.35. The number of aromatic nitrogens is 6. The van der Waals surface area contributed by atoms with Crippen LogP contribution in [0.25, 0.3) is 101 Å². The Hall–Kier alpha value is -7.70. The van der Waals surface area contributed by atoms with Crippen LogP contribution < -0.4 is 0 Å². The summed E-state index contributed by atoms with van der Waals surface area (Å²) in [7, 11) is 0. The zero-order chi connectivity index (χ0) is 37.3. The van der Waals surface area contributed by atoms with Crippen LogP contribution >= 0.6 is 0 Å². The molecule has 0 saturated carbocycles. The molecule has 2 heterocycles. The number of hydrogen-bond donors (Lipinski definition) is 0. The summed E-state index contributed by atoms with van der Waals surface area (Å²) >= 11 is 0. The molecule has 0 unspecified atom stereocenters. The fourth-order valence-corrected chi connectivity index (χ4v) is 7.15. The molecule has 8 aromatic carbocycles. The van der Waals surface area contributed by atoms with E-state index in [4.69, 9.17) is 29.9 Å². The van der Waals surface area contributed by atoms with Gasteiger partial charge in [-0.1, -0.05) is 194 Å². The van der Waals surface area contributed by atoms with Crippen molar-refractivity contribution in [3.8, 4) is 79.5 Å². The summed E-state index contributed by atoms with van der Waals surface area (Å²) in [6.45, 7) is 0. The summed E-state index contributed by atoms with van der Waals surface area (Å²) in [5.41, 5.74) is 7.78. The van der Waals surface area contributed by atoms with Crippen molar-refractivity contribution in [2.45, 2.75) is 0 Å². The Morgan fingerprint density at radius 1 is 0.196 bits per heavy atom. The van der Waals surface area contributed by atoms with E-state index in [1.165, 1.54) is 0 Å². The van der Waals surface area contributed by atoms with Gasteiger partial charge in [0, 0.05) is 33.4 Å². The van der Waals surface area contributed by atoms with Crippen LogP contribution in [0.1, 0.15) is 0 Å². The van der Waals surface area contributed by atoms with Crippen LogP contribution in [0.5, 0.6) is 0 Å². The lowest BCUT2D eigenvalue weighted by Crippen LogP contribution is -2.00. The van der Waals surface area contributed by atoms with Crippen LogP contribution in [0, 0.1) is 0 Å². The average molecular weight is 717 g/mol. The van der Waals surface area contributed by atoms with Gasteiger partial charge >= 0.3 is 0 Å². The fraction of sp³-hybridized carbons (Fsp3) is 0. The van der Waals surface area contributed by atoms with Crippen molar-refractivity contribution in [2.75, 3.05) is 0 Å². The van der Waals surface area contributed by atoms with Crippen molar-refractivity contribution < 1.29 is 0 Å². The molecule has 0 spiro atoms. The first kappa shape index (κ1) is 32.9. The molecule has 0 amide bonds. The van der Waals surface area contributed by atoms with E-state index in [2.05, 4.69) is 109 Å². The summed E-state index contributed by atoms with van der Waals surface area (Å²) in [5.74, 6) is 3.79. The summed E-state index contributed by atoms with van der Waals surface area (Å²) in [5, 5.41) is 4.48. The van der Waals surface area contributed by atoms with E-state index >= 15 is 0 Å². The minimum absolute atomic E-state index is 0.620. The minimum atomic E-state index is 0.620. The van der Waals surface area contributed by atoms with Gasteiger partial charge in [-0.05, 0) is 32.7 Å². The molecule has 0 radical (unpaired) electrons. The molecule has 0 aliphatic rings. The second-order valence-corrected chi connectivity index (χ2v) is 13.6. The molecule has 56 heavy (non-hydrogen) atoms. The number of nitrogens with zero attached hydrogens (tertiary/aromatic N) is 6. The van der Waals surface area contributed by atoms with E-state index < -0.39 is 0 Å². The summed E-state index contributed by atoms with van der Waals surface area (Å²) in [4.78, 5) is 29.9. The molecule has 0 fully saturated rings. The normalized spacial score (nSPS) is 11.2. The van der Waals surface area contributed by atoms with E-state index in [-0.39, 0.29) is 0 Å². The lowest BCUT2D eigenvalue weighted by atomic mass is 10.0. The van der Waals surface area contributed by atoms with Gasteiger partial charge in [0.15, 0.2) is 34.9 Å². The Morgan fingerprint density at radius 2 is 0.482 bits per heavy atom. The Kier molecular flexibility index (Phi) is 8.39. The van der Waals surface area contributed by atoms with E-state index in [1.54, 1.807) is 0 Å². The van der Waals surface area contributed by atoms with Gasteiger partial charge in [0.2, 0.25) is 0 Å². The van der Waals surface area contributed by atoms with E-state index in [9.17, 15) is 0 Å². The standard InChI is InChI=1S/C50H32N6/c1-3-15-37(16-4-1)45-51-47(55-49(53-45)43-23-11-19-35-13-7-9-21-41(35)43)39-29-25-33(26-30-39)34-27-31-40(32-28-34)48-52-46(38-17-5-2-6-18-38)54-50(56-48)44-24-12-20-36-14-8-10-22-42(36)44/h1-32H. The van der Waals surface area contributed by atoms with Gasteiger partial charge in [-0.2, -0.15) is 0 Å².